The van der Waals surface area contributed by atoms with E-state index in [1.165, 1.54) is 38.5 Å². The summed E-state index contributed by atoms with van der Waals surface area (Å²) in [6.07, 6.45) is 8.29. The summed E-state index contributed by atoms with van der Waals surface area (Å²) in [6.45, 7) is 6.83. The summed E-state index contributed by atoms with van der Waals surface area (Å²) >= 11 is 0. The first kappa shape index (κ1) is 13.0. The highest BCUT2D eigenvalue weighted by Crippen LogP contribution is 2.26. The molecule has 0 spiro atoms. The minimum Gasteiger partial charge on any atom is -0.395 e. The molecular formula is C13H27NO. The summed E-state index contributed by atoms with van der Waals surface area (Å²) in [4.78, 5) is 2.47. The molecule has 0 radical (unpaired) electrons. The van der Waals surface area contributed by atoms with Crippen LogP contribution >= 0.6 is 0 Å². The maximum absolute atomic E-state index is 9.07. The third-order valence-corrected chi connectivity index (χ3v) is 3.83. The second-order valence-electron chi connectivity index (χ2n) is 4.89. The van der Waals surface area contributed by atoms with Gasteiger partial charge in [-0.15, -0.1) is 0 Å². The van der Waals surface area contributed by atoms with E-state index < -0.39 is 0 Å². The van der Waals surface area contributed by atoms with E-state index in [1.807, 2.05) is 0 Å². The SMILES string of the molecule is CCN(CCO)C1CCCCCCC1C. The van der Waals surface area contributed by atoms with Crippen LogP contribution in [-0.2, 0) is 0 Å². The van der Waals surface area contributed by atoms with Crippen LogP contribution in [0.2, 0.25) is 0 Å². The van der Waals surface area contributed by atoms with E-state index in [9.17, 15) is 0 Å². The number of aliphatic hydroxyl groups excluding tert-OH is 1. The van der Waals surface area contributed by atoms with Gasteiger partial charge in [0.2, 0.25) is 0 Å². The zero-order valence-electron chi connectivity index (χ0n) is 10.4. The van der Waals surface area contributed by atoms with Crippen LogP contribution in [0.15, 0.2) is 0 Å². The predicted octanol–water partition coefficient (Wildman–Crippen LogP) is 2.66. The van der Waals surface area contributed by atoms with E-state index in [0.29, 0.717) is 12.6 Å². The van der Waals surface area contributed by atoms with Crippen LogP contribution in [0.5, 0.6) is 0 Å². The Morgan fingerprint density at radius 2 is 1.80 bits per heavy atom. The first-order valence-electron chi connectivity index (χ1n) is 6.64. The Balaban J connectivity index is 2.51. The van der Waals surface area contributed by atoms with Crippen LogP contribution in [0, 0.1) is 5.92 Å². The molecule has 2 nitrogen and oxygen atoms in total. The second kappa shape index (κ2) is 7.24. The number of nitrogens with zero attached hydrogens (tertiary/aromatic N) is 1. The van der Waals surface area contributed by atoms with Crippen molar-refractivity contribution < 1.29 is 5.11 Å². The molecule has 0 heterocycles. The van der Waals surface area contributed by atoms with Crippen LogP contribution in [0.1, 0.15) is 52.4 Å². The van der Waals surface area contributed by atoms with E-state index in [1.54, 1.807) is 0 Å². The summed E-state index contributed by atoms with van der Waals surface area (Å²) in [5.41, 5.74) is 0. The van der Waals surface area contributed by atoms with Crippen molar-refractivity contribution in [1.82, 2.24) is 4.90 Å². The van der Waals surface area contributed by atoms with Gasteiger partial charge < -0.3 is 5.11 Å². The fourth-order valence-electron chi connectivity index (χ4n) is 2.88. The summed E-state index contributed by atoms with van der Waals surface area (Å²) in [7, 11) is 0. The van der Waals surface area contributed by atoms with Gasteiger partial charge in [-0.2, -0.15) is 0 Å². The fraction of sp³-hybridized carbons (Fsp3) is 1.00. The summed E-state index contributed by atoms with van der Waals surface area (Å²) in [6, 6.07) is 0.711. The van der Waals surface area contributed by atoms with Gasteiger partial charge in [-0.05, 0) is 25.3 Å². The highest BCUT2D eigenvalue weighted by molar-refractivity contribution is 4.78. The minimum absolute atomic E-state index is 0.303. The number of rotatable bonds is 4. The Morgan fingerprint density at radius 3 is 2.40 bits per heavy atom. The van der Waals surface area contributed by atoms with E-state index in [4.69, 9.17) is 5.11 Å². The Bertz CT molecular complexity index is 161. The van der Waals surface area contributed by atoms with Gasteiger partial charge in [0.25, 0.3) is 0 Å². The number of likely N-dealkylation sites (N-methyl/N-ethyl adjacent to an activating group) is 1. The highest BCUT2D eigenvalue weighted by atomic mass is 16.3. The summed E-state index contributed by atoms with van der Waals surface area (Å²) in [5, 5.41) is 9.07. The van der Waals surface area contributed by atoms with Gasteiger partial charge in [-0.3, -0.25) is 4.90 Å². The molecule has 2 unspecified atom stereocenters. The molecule has 0 aromatic heterocycles. The molecule has 90 valence electrons. The van der Waals surface area contributed by atoms with Crippen molar-refractivity contribution in [2.24, 2.45) is 5.92 Å². The summed E-state index contributed by atoms with van der Waals surface area (Å²) < 4.78 is 0. The molecule has 0 aliphatic heterocycles. The Morgan fingerprint density at radius 1 is 1.13 bits per heavy atom. The highest BCUT2D eigenvalue weighted by Gasteiger charge is 2.23. The van der Waals surface area contributed by atoms with Gasteiger partial charge >= 0.3 is 0 Å². The smallest absolute Gasteiger partial charge is 0.0558 e. The number of hydrogen-bond acceptors (Lipinski definition) is 2. The molecule has 0 bridgehead atoms. The lowest BCUT2D eigenvalue weighted by molar-refractivity contribution is 0.105. The quantitative estimate of drug-likeness (QED) is 0.776. The lowest BCUT2D eigenvalue weighted by Gasteiger charge is -2.36. The third kappa shape index (κ3) is 4.12. The lowest BCUT2D eigenvalue weighted by atomic mass is 9.87. The summed E-state index contributed by atoms with van der Waals surface area (Å²) in [5.74, 6) is 0.803. The maximum Gasteiger partial charge on any atom is 0.0558 e. The lowest BCUT2D eigenvalue weighted by Crippen LogP contribution is -2.41. The number of hydrogen-bond donors (Lipinski definition) is 1. The van der Waals surface area contributed by atoms with Crippen molar-refractivity contribution in [1.29, 1.82) is 0 Å². The van der Waals surface area contributed by atoms with Gasteiger partial charge in [0.1, 0.15) is 0 Å². The molecule has 1 aliphatic rings. The number of aliphatic hydroxyl groups is 1. The van der Waals surface area contributed by atoms with E-state index >= 15 is 0 Å². The maximum atomic E-state index is 9.07. The molecule has 1 aliphatic carbocycles. The third-order valence-electron chi connectivity index (χ3n) is 3.83. The van der Waals surface area contributed by atoms with Crippen molar-refractivity contribution in [3.63, 3.8) is 0 Å². The Hall–Kier alpha value is -0.0800. The van der Waals surface area contributed by atoms with Crippen LogP contribution in [0.3, 0.4) is 0 Å². The van der Waals surface area contributed by atoms with E-state index in [0.717, 1.165) is 19.0 Å². The second-order valence-corrected chi connectivity index (χ2v) is 4.89. The van der Waals surface area contributed by atoms with Gasteiger partial charge in [0.05, 0.1) is 6.61 Å². The van der Waals surface area contributed by atoms with E-state index in [-0.39, 0.29) is 0 Å². The van der Waals surface area contributed by atoms with Gasteiger partial charge in [0.15, 0.2) is 0 Å². The topological polar surface area (TPSA) is 23.5 Å². The first-order valence-corrected chi connectivity index (χ1v) is 6.64. The standard InChI is InChI=1S/C13H27NO/c1-3-14(10-11-15)13-9-7-5-4-6-8-12(13)2/h12-13,15H,3-11H2,1-2H3. The largest absolute Gasteiger partial charge is 0.395 e. The zero-order valence-corrected chi connectivity index (χ0v) is 10.4. The average molecular weight is 213 g/mol. The van der Waals surface area contributed by atoms with Crippen molar-refractivity contribution in [2.75, 3.05) is 19.7 Å². The fourth-order valence-corrected chi connectivity index (χ4v) is 2.88. The van der Waals surface area contributed by atoms with Crippen molar-refractivity contribution in [2.45, 2.75) is 58.4 Å². The van der Waals surface area contributed by atoms with Crippen LogP contribution < -0.4 is 0 Å². The van der Waals surface area contributed by atoms with Crippen molar-refractivity contribution >= 4 is 0 Å². The Labute approximate surface area is 94.7 Å². The van der Waals surface area contributed by atoms with Gasteiger partial charge in [-0.25, -0.2) is 0 Å². The van der Waals surface area contributed by atoms with Crippen LogP contribution in [0.4, 0.5) is 0 Å². The molecule has 0 amide bonds. The molecular weight excluding hydrogens is 186 g/mol. The van der Waals surface area contributed by atoms with Gasteiger partial charge in [-0.1, -0.05) is 39.5 Å². The van der Waals surface area contributed by atoms with Crippen LogP contribution in [-0.4, -0.2) is 35.7 Å². The van der Waals surface area contributed by atoms with Crippen molar-refractivity contribution in [3.8, 4) is 0 Å². The predicted molar refractivity (Wildman–Crippen MR) is 65.0 cm³/mol. The molecule has 1 N–H and O–H groups in total. The molecule has 2 atom stereocenters. The van der Waals surface area contributed by atoms with E-state index in [2.05, 4.69) is 18.7 Å². The van der Waals surface area contributed by atoms with Crippen molar-refractivity contribution in [3.05, 3.63) is 0 Å². The monoisotopic (exact) mass is 213 g/mol. The first-order chi connectivity index (χ1) is 7.29. The van der Waals surface area contributed by atoms with Crippen LogP contribution in [0.25, 0.3) is 0 Å². The molecule has 1 fully saturated rings. The van der Waals surface area contributed by atoms with Gasteiger partial charge in [0, 0.05) is 12.6 Å². The molecule has 0 saturated heterocycles. The molecule has 15 heavy (non-hydrogen) atoms. The minimum atomic E-state index is 0.303. The Kier molecular flexibility index (Phi) is 6.26. The normalized spacial score (nSPS) is 28.8. The molecule has 0 aromatic carbocycles. The molecule has 0 aromatic rings. The average Bonchev–Trinajstić information content (AvgIpc) is 2.22. The molecule has 2 heteroatoms. The zero-order chi connectivity index (χ0) is 11.1. The molecule has 1 rings (SSSR count). The molecule has 1 saturated carbocycles.